The van der Waals surface area contributed by atoms with Gasteiger partial charge >= 0.3 is 0 Å². The van der Waals surface area contributed by atoms with Gasteiger partial charge in [0.15, 0.2) is 0 Å². The van der Waals surface area contributed by atoms with Gasteiger partial charge in [-0.15, -0.1) is 0 Å². The van der Waals surface area contributed by atoms with Gasteiger partial charge in [0.1, 0.15) is 0 Å². The second kappa shape index (κ2) is 6.76. The lowest BCUT2D eigenvalue weighted by Gasteiger charge is -2.17. The van der Waals surface area contributed by atoms with Crippen LogP contribution in [0.25, 0.3) is 0 Å². The summed E-state index contributed by atoms with van der Waals surface area (Å²) in [5.41, 5.74) is 3.91. The van der Waals surface area contributed by atoms with Crippen LogP contribution in [0.4, 0.5) is 5.69 Å². The standard InChI is InChI=1S/C17H20BrN/c1-13-8-11-16(18)12-17(13)19-14(2)9-10-15-6-4-3-5-7-15/h3-8,11-12,14,19H,9-10H2,1-2H3. The van der Waals surface area contributed by atoms with E-state index in [1.807, 2.05) is 0 Å². The van der Waals surface area contributed by atoms with Gasteiger partial charge in [-0.1, -0.05) is 52.3 Å². The smallest absolute Gasteiger partial charge is 0.0383 e. The van der Waals surface area contributed by atoms with Crippen LogP contribution < -0.4 is 5.32 Å². The van der Waals surface area contributed by atoms with Crippen LogP contribution in [0.3, 0.4) is 0 Å². The van der Waals surface area contributed by atoms with E-state index in [1.54, 1.807) is 0 Å². The second-order valence-corrected chi connectivity index (χ2v) is 5.94. The van der Waals surface area contributed by atoms with Crippen molar-refractivity contribution >= 4 is 21.6 Å². The molecule has 0 aliphatic heterocycles. The summed E-state index contributed by atoms with van der Waals surface area (Å²) >= 11 is 3.52. The molecule has 2 rings (SSSR count). The summed E-state index contributed by atoms with van der Waals surface area (Å²) in [6, 6.07) is 17.5. The molecule has 0 spiro atoms. The third-order valence-corrected chi connectivity index (χ3v) is 3.80. The molecule has 0 saturated heterocycles. The highest BCUT2D eigenvalue weighted by Gasteiger charge is 2.05. The first-order chi connectivity index (χ1) is 9.15. The average Bonchev–Trinajstić information content (AvgIpc) is 2.42. The molecule has 1 unspecified atom stereocenters. The monoisotopic (exact) mass is 317 g/mol. The molecule has 2 heteroatoms. The Kier molecular flexibility index (Phi) is 5.03. The van der Waals surface area contributed by atoms with Crippen molar-refractivity contribution in [1.29, 1.82) is 0 Å². The number of halogens is 1. The largest absolute Gasteiger partial charge is 0.382 e. The molecule has 1 nitrogen and oxygen atoms in total. The first kappa shape index (κ1) is 14.1. The molecule has 0 amide bonds. The van der Waals surface area contributed by atoms with Crippen LogP contribution in [-0.4, -0.2) is 6.04 Å². The Bertz CT molecular complexity index is 522. The van der Waals surface area contributed by atoms with Gasteiger partial charge in [-0.3, -0.25) is 0 Å². The van der Waals surface area contributed by atoms with Crippen molar-refractivity contribution < 1.29 is 0 Å². The van der Waals surface area contributed by atoms with Gasteiger partial charge in [-0.05, 0) is 49.9 Å². The van der Waals surface area contributed by atoms with Crippen LogP contribution in [0, 0.1) is 6.92 Å². The lowest BCUT2D eigenvalue weighted by molar-refractivity contribution is 0.705. The van der Waals surface area contributed by atoms with Crippen molar-refractivity contribution in [2.45, 2.75) is 32.7 Å². The van der Waals surface area contributed by atoms with Gasteiger partial charge in [-0.2, -0.15) is 0 Å². The van der Waals surface area contributed by atoms with Crippen LogP contribution in [0.5, 0.6) is 0 Å². The van der Waals surface area contributed by atoms with E-state index in [1.165, 1.54) is 16.8 Å². The van der Waals surface area contributed by atoms with Crippen molar-refractivity contribution in [2.24, 2.45) is 0 Å². The summed E-state index contributed by atoms with van der Waals surface area (Å²) in [6.45, 7) is 4.38. The number of hydrogen-bond acceptors (Lipinski definition) is 1. The molecule has 19 heavy (non-hydrogen) atoms. The van der Waals surface area contributed by atoms with Crippen LogP contribution >= 0.6 is 15.9 Å². The van der Waals surface area contributed by atoms with E-state index in [9.17, 15) is 0 Å². The zero-order valence-corrected chi connectivity index (χ0v) is 13.1. The van der Waals surface area contributed by atoms with Crippen LogP contribution in [0.15, 0.2) is 53.0 Å². The van der Waals surface area contributed by atoms with Crippen molar-refractivity contribution in [1.82, 2.24) is 0 Å². The number of aryl methyl sites for hydroxylation is 2. The molecule has 1 atom stereocenters. The fraction of sp³-hybridized carbons (Fsp3) is 0.294. The Morgan fingerprint density at radius 2 is 1.84 bits per heavy atom. The number of anilines is 1. The minimum Gasteiger partial charge on any atom is -0.382 e. The van der Waals surface area contributed by atoms with Gasteiger partial charge in [0.2, 0.25) is 0 Å². The Balaban J connectivity index is 1.90. The summed E-state index contributed by atoms with van der Waals surface area (Å²) in [6.07, 6.45) is 2.25. The van der Waals surface area contributed by atoms with E-state index in [0.29, 0.717) is 6.04 Å². The number of nitrogens with one attached hydrogen (secondary N) is 1. The van der Waals surface area contributed by atoms with E-state index < -0.39 is 0 Å². The van der Waals surface area contributed by atoms with E-state index in [-0.39, 0.29) is 0 Å². The first-order valence-corrected chi connectivity index (χ1v) is 7.51. The molecule has 0 radical (unpaired) electrons. The maximum Gasteiger partial charge on any atom is 0.0383 e. The summed E-state index contributed by atoms with van der Waals surface area (Å²) in [4.78, 5) is 0. The highest BCUT2D eigenvalue weighted by atomic mass is 79.9. The zero-order chi connectivity index (χ0) is 13.7. The van der Waals surface area contributed by atoms with E-state index >= 15 is 0 Å². The Morgan fingerprint density at radius 3 is 2.58 bits per heavy atom. The molecule has 0 fully saturated rings. The van der Waals surface area contributed by atoms with E-state index in [4.69, 9.17) is 0 Å². The Morgan fingerprint density at radius 1 is 1.11 bits per heavy atom. The predicted octanol–water partition coefficient (Wildman–Crippen LogP) is 5.19. The maximum absolute atomic E-state index is 3.59. The van der Waals surface area contributed by atoms with Crippen LogP contribution in [0.2, 0.25) is 0 Å². The molecule has 100 valence electrons. The average molecular weight is 318 g/mol. The van der Waals surface area contributed by atoms with Gasteiger partial charge < -0.3 is 5.32 Å². The summed E-state index contributed by atoms with van der Waals surface area (Å²) in [5.74, 6) is 0. The molecular formula is C17H20BrN. The third kappa shape index (κ3) is 4.39. The van der Waals surface area contributed by atoms with Gasteiger partial charge in [-0.25, -0.2) is 0 Å². The lowest BCUT2D eigenvalue weighted by atomic mass is 10.1. The predicted molar refractivity (Wildman–Crippen MR) is 86.7 cm³/mol. The zero-order valence-electron chi connectivity index (χ0n) is 11.5. The molecule has 0 heterocycles. The molecule has 2 aromatic carbocycles. The molecule has 0 aromatic heterocycles. The normalized spacial score (nSPS) is 12.2. The molecule has 2 aromatic rings. The van der Waals surface area contributed by atoms with Gasteiger partial charge in [0.05, 0.1) is 0 Å². The van der Waals surface area contributed by atoms with Crippen molar-refractivity contribution in [2.75, 3.05) is 5.32 Å². The quantitative estimate of drug-likeness (QED) is 0.800. The highest BCUT2D eigenvalue weighted by molar-refractivity contribution is 9.10. The van der Waals surface area contributed by atoms with Gasteiger partial charge in [0.25, 0.3) is 0 Å². The number of benzene rings is 2. The fourth-order valence-electron chi connectivity index (χ4n) is 2.12. The molecular weight excluding hydrogens is 298 g/mol. The van der Waals surface area contributed by atoms with Crippen molar-refractivity contribution in [3.05, 3.63) is 64.1 Å². The first-order valence-electron chi connectivity index (χ1n) is 6.72. The summed E-state index contributed by atoms with van der Waals surface area (Å²) < 4.78 is 1.12. The minimum absolute atomic E-state index is 0.466. The summed E-state index contributed by atoms with van der Waals surface area (Å²) in [7, 11) is 0. The third-order valence-electron chi connectivity index (χ3n) is 3.31. The summed E-state index contributed by atoms with van der Waals surface area (Å²) in [5, 5.41) is 3.59. The second-order valence-electron chi connectivity index (χ2n) is 5.03. The Hall–Kier alpha value is -1.28. The molecule has 0 saturated carbocycles. The topological polar surface area (TPSA) is 12.0 Å². The minimum atomic E-state index is 0.466. The molecule has 0 bridgehead atoms. The van der Waals surface area contributed by atoms with Gasteiger partial charge in [0, 0.05) is 16.2 Å². The highest BCUT2D eigenvalue weighted by Crippen LogP contribution is 2.22. The SMILES string of the molecule is Cc1ccc(Br)cc1NC(C)CCc1ccccc1. The van der Waals surface area contributed by atoms with E-state index in [2.05, 4.69) is 83.6 Å². The van der Waals surface area contributed by atoms with E-state index in [0.717, 1.165) is 17.3 Å². The molecule has 1 N–H and O–H groups in total. The van der Waals surface area contributed by atoms with Crippen molar-refractivity contribution in [3.8, 4) is 0 Å². The molecule has 0 aliphatic rings. The number of rotatable bonds is 5. The maximum atomic E-state index is 3.59. The van der Waals surface area contributed by atoms with Crippen molar-refractivity contribution in [3.63, 3.8) is 0 Å². The number of hydrogen-bond donors (Lipinski definition) is 1. The fourth-order valence-corrected chi connectivity index (χ4v) is 2.48. The lowest BCUT2D eigenvalue weighted by Crippen LogP contribution is -2.16. The van der Waals surface area contributed by atoms with Crippen LogP contribution in [0.1, 0.15) is 24.5 Å². The van der Waals surface area contributed by atoms with Crippen LogP contribution in [-0.2, 0) is 6.42 Å². The Labute approximate surface area is 124 Å². The molecule has 0 aliphatic carbocycles.